The molecule has 0 aromatic rings. The molecule has 0 bridgehead atoms. The Labute approximate surface area is 129 Å². The molecule has 2 atom stereocenters. The van der Waals surface area contributed by atoms with Crippen molar-refractivity contribution in [3.8, 4) is 0 Å². The van der Waals surface area contributed by atoms with E-state index in [0.29, 0.717) is 24.7 Å². The maximum atomic E-state index is 11.2. The van der Waals surface area contributed by atoms with Gasteiger partial charge in [0.1, 0.15) is 0 Å². The minimum atomic E-state index is -0.781. The summed E-state index contributed by atoms with van der Waals surface area (Å²) in [5.74, 6) is 0.407. The molecule has 2 radical (unpaired) electrons. The fourth-order valence-corrected chi connectivity index (χ4v) is 11.1. The molecule has 0 aliphatic heterocycles. The number of ether oxygens (including phenoxy) is 2. The van der Waals surface area contributed by atoms with E-state index in [1.165, 1.54) is 0 Å². The molecule has 0 amide bonds. The van der Waals surface area contributed by atoms with Gasteiger partial charge < -0.3 is 0 Å². The Hall–Kier alpha value is 0.359. The van der Waals surface area contributed by atoms with Crippen LogP contribution in [-0.4, -0.2) is 67.1 Å². The Morgan fingerprint density at radius 3 is 1.68 bits per heavy atom. The summed E-state index contributed by atoms with van der Waals surface area (Å²) in [5, 5.41) is 0. The van der Waals surface area contributed by atoms with E-state index in [2.05, 4.69) is 0 Å². The quantitative estimate of drug-likeness (QED) is 0.287. The van der Waals surface area contributed by atoms with Crippen molar-refractivity contribution >= 4 is 48.2 Å². The first-order valence-electron chi connectivity index (χ1n) is 5.85. The average Bonchev–Trinajstić information content (AvgIpc) is 2.38. The summed E-state index contributed by atoms with van der Waals surface area (Å²) < 4.78 is 9.62. The van der Waals surface area contributed by atoms with Crippen molar-refractivity contribution in [1.29, 1.82) is 0 Å². The number of carbonyl (C=O) groups excluding carboxylic acids is 2. The van der Waals surface area contributed by atoms with Crippen molar-refractivity contribution in [3.05, 3.63) is 0 Å². The second-order valence-corrected chi connectivity index (χ2v) is 14.6. The van der Waals surface area contributed by atoms with Crippen LogP contribution in [-0.2, 0) is 19.1 Å². The number of hydrogen-bond donors (Lipinski definition) is 2. The van der Waals surface area contributed by atoms with E-state index in [-0.39, 0.29) is 11.9 Å². The third-order valence-electron chi connectivity index (χ3n) is 1.82. The van der Waals surface area contributed by atoms with Crippen LogP contribution < -0.4 is 11.5 Å². The SMILES string of the molecule is CCOC(=O)C(N)C[S][Sn][S]CC(N)C(=O)OCC. The van der Waals surface area contributed by atoms with Gasteiger partial charge in [-0.3, -0.25) is 0 Å². The maximum absolute atomic E-state index is 11.2. The van der Waals surface area contributed by atoms with Gasteiger partial charge in [0.05, 0.1) is 0 Å². The zero-order chi connectivity index (χ0) is 14.7. The molecule has 0 aromatic heterocycles. The van der Waals surface area contributed by atoms with Crippen LogP contribution in [0.1, 0.15) is 13.8 Å². The fraction of sp³-hybridized carbons (Fsp3) is 0.800. The Bertz CT molecular complexity index is 258. The standard InChI is InChI=1S/2C5H11NO2S.Sn/c2*1-2-8-5(7)4(6)3-9;/h2*4,9H,2-3,6H2,1H3;/q;;+2/p-2. The van der Waals surface area contributed by atoms with Crippen LogP contribution in [0.5, 0.6) is 0 Å². The predicted octanol–water partition coefficient (Wildman–Crippen LogP) is -0.232. The Balaban J connectivity index is 3.59. The van der Waals surface area contributed by atoms with Crippen LogP contribution in [0.4, 0.5) is 0 Å². The Kier molecular flexibility index (Phi) is 12.4. The Morgan fingerprint density at radius 2 is 1.37 bits per heavy atom. The summed E-state index contributed by atoms with van der Waals surface area (Å²) in [6, 6.07) is -1.13. The monoisotopic (exact) mass is 416 g/mol. The molecule has 9 heteroatoms. The molecule has 0 spiro atoms. The number of rotatable bonds is 10. The van der Waals surface area contributed by atoms with Gasteiger partial charge in [-0.1, -0.05) is 0 Å². The summed E-state index contributed by atoms with van der Waals surface area (Å²) in [7, 11) is 3.36. The van der Waals surface area contributed by atoms with Gasteiger partial charge in [-0.2, -0.15) is 0 Å². The summed E-state index contributed by atoms with van der Waals surface area (Å²) >= 11 is -0.781. The van der Waals surface area contributed by atoms with Crippen LogP contribution in [0.25, 0.3) is 0 Å². The van der Waals surface area contributed by atoms with E-state index in [4.69, 9.17) is 20.9 Å². The summed E-state index contributed by atoms with van der Waals surface area (Å²) in [6.45, 7) is 4.20. The molecule has 4 N–H and O–H groups in total. The first-order valence-corrected chi connectivity index (χ1v) is 14.8. The third kappa shape index (κ3) is 9.83. The van der Waals surface area contributed by atoms with Crippen LogP contribution in [0.2, 0.25) is 0 Å². The molecule has 110 valence electrons. The second-order valence-electron chi connectivity index (χ2n) is 3.42. The molecule has 0 saturated carbocycles. The van der Waals surface area contributed by atoms with Crippen LogP contribution in [0.3, 0.4) is 0 Å². The number of carbonyl (C=O) groups is 2. The van der Waals surface area contributed by atoms with Gasteiger partial charge in [-0.15, -0.1) is 0 Å². The van der Waals surface area contributed by atoms with Gasteiger partial charge in [0.15, 0.2) is 0 Å². The average molecular weight is 415 g/mol. The van der Waals surface area contributed by atoms with Gasteiger partial charge in [0.2, 0.25) is 0 Å². The van der Waals surface area contributed by atoms with Crippen LogP contribution in [0.15, 0.2) is 0 Å². The molecule has 0 fully saturated rings. The molecule has 0 aromatic carbocycles. The van der Waals surface area contributed by atoms with Crippen molar-refractivity contribution in [3.63, 3.8) is 0 Å². The molecule has 19 heavy (non-hydrogen) atoms. The zero-order valence-corrected chi connectivity index (χ0v) is 15.6. The first kappa shape index (κ1) is 19.4. The number of hydrogen-bond acceptors (Lipinski definition) is 8. The molecule has 0 saturated heterocycles. The van der Waals surface area contributed by atoms with E-state index in [1.807, 2.05) is 0 Å². The van der Waals surface area contributed by atoms with Crippen LogP contribution >= 0.6 is 17.9 Å². The third-order valence-corrected chi connectivity index (χ3v) is 12.7. The summed E-state index contributed by atoms with van der Waals surface area (Å²) in [6.07, 6.45) is 0. The van der Waals surface area contributed by atoms with Crippen LogP contribution in [0, 0.1) is 0 Å². The molecule has 6 nitrogen and oxygen atoms in total. The van der Waals surface area contributed by atoms with E-state index >= 15 is 0 Å². The molecule has 0 aliphatic rings. The van der Waals surface area contributed by atoms with Gasteiger partial charge in [0.25, 0.3) is 0 Å². The van der Waals surface area contributed by atoms with E-state index < -0.39 is 30.5 Å². The van der Waals surface area contributed by atoms with E-state index in [9.17, 15) is 9.59 Å². The second kappa shape index (κ2) is 12.1. The van der Waals surface area contributed by atoms with E-state index in [1.54, 1.807) is 31.7 Å². The predicted molar refractivity (Wildman–Crippen MR) is 79.9 cm³/mol. The minimum absolute atomic E-state index is 0.348. The molecular weight excluding hydrogens is 395 g/mol. The Morgan fingerprint density at radius 1 is 1.00 bits per heavy atom. The zero-order valence-electron chi connectivity index (χ0n) is 11.1. The van der Waals surface area contributed by atoms with Gasteiger partial charge in [-0.25, -0.2) is 0 Å². The molecule has 2 unspecified atom stereocenters. The molecule has 0 rings (SSSR count). The van der Waals surface area contributed by atoms with Gasteiger partial charge >= 0.3 is 129 Å². The van der Waals surface area contributed by atoms with Crippen molar-refractivity contribution < 1.29 is 19.1 Å². The molecule has 0 heterocycles. The molecular formula is C10H20N2O4S2Sn. The van der Waals surface area contributed by atoms with Crippen molar-refractivity contribution in [2.45, 2.75) is 25.9 Å². The van der Waals surface area contributed by atoms with Crippen molar-refractivity contribution in [2.24, 2.45) is 11.5 Å². The fourth-order valence-electron chi connectivity index (χ4n) is 0.924. The van der Waals surface area contributed by atoms with Gasteiger partial charge in [0, 0.05) is 0 Å². The number of nitrogens with two attached hydrogens (primary N) is 2. The molecule has 0 aliphatic carbocycles. The summed E-state index contributed by atoms with van der Waals surface area (Å²) in [5.41, 5.74) is 11.3. The van der Waals surface area contributed by atoms with E-state index in [0.717, 1.165) is 0 Å². The summed E-state index contributed by atoms with van der Waals surface area (Å²) in [4.78, 5) is 22.5. The van der Waals surface area contributed by atoms with Crippen molar-refractivity contribution in [1.82, 2.24) is 0 Å². The van der Waals surface area contributed by atoms with Gasteiger partial charge in [-0.05, 0) is 0 Å². The topological polar surface area (TPSA) is 105 Å². The first-order chi connectivity index (χ1) is 9.02. The number of esters is 2. The van der Waals surface area contributed by atoms with Crippen molar-refractivity contribution in [2.75, 3.05) is 24.7 Å². The normalized spacial score (nSPS) is 13.7.